The van der Waals surface area contributed by atoms with Crippen molar-refractivity contribution in [2.24, 2.45) is 0 Å². The molecule has 9 heteroatoms. The zero-order chi connectivity index (χ0) is 29.8. The van der Waals surface area contributed by atoms with Crippen LogP contribution in [0.3, 0.4) is 0 Å². The van der Waals surface area contributed by atoms with Crippen molar-refractivity contribution in [2.75, 3.05) is 23.7 Å². The molecule has 0 saturated carbocycles. The average Bonchev–Trinajstić information content (AvgIpc) is 2.93. The van der Waals surface area contributed by atoms with E-state index in [1.165, 1.54) is 15.3 Å². The first-order chi connectivity index (χ1) is 19.6. The molecule has 0 unspecified atom stereocenters. The third-order valence-corrected chi connectivity index (χ3v) is 8.04. The van der Waals surface area contributed by atoms with Gasteiger partial charge in [-0.05, 0) is 49.1 Å². The fourth-order valence-corrected chi connectivity index (χ4v) is 5.61. The molecule has 0 aliphatic rings. The van der Waals surface area contributed by atoms with Crippen LogP contribution in [0.1, 0.15) is 49.3 Å². The fourth-order valence-electron chi connectivity index (χ4n) is 4.66. The van der Waals surface area contributed by atoms with E-state index in [4.69, 9.17) is 0 Å². The van der Waals surface area contributed by atoms with E-state index in [0.717, 1.165) is 30.2 Å². The minimum Gasteiger partial charge on any atom is -0.354 e. The zero-order valence-corrected chi connectivity index (χ0v) is 24.9. The highest BCUT2D eigenvalue weighted by Crippen LogP contribution is 2.21. The molecule has 0 saturated heterocycles. The number of aryl methyl sites for hydroxylation is 1. The summed E-state index contributed by atoms with van der Waals surface area (Å²) in [4.78, 5) is 28.7. The summed E-state index contributed by atoms with van der Waals surface area (Å²) in [6, 6.07) is 21.9. The van der Waals surface area contributed by atoms with Gasteiger partial charge in [-0.15, -0.1) is 0 Å². The maximum atomic E-state index is 14.8. The van der Waals surface area contributed by atoms with Gasteiger partial charge in [0.2, 0.25) is 21.8 Å². The predicted molar refractivity (Wildman–Crippen MR) is 161 cm³/mol. The van der Waals surface area contributed by atoms with Crippen LogP contribution in [0.2, 0.25) is 0 Å². The second-order valence-corrected chi connectivity index (χ2v) is 12.1. The van der Waals surface area contributed by atoms with Crippen LogP contribution >= 0.6 is 0 Å². The first-order valence-electron chi connectivity index (χ1n) is 14.0. The van der Waals surface area contributed by atoms with E-state index in [0.29, 0.717) is 17.8 Å². The summed E-state index contributed by atoms with van der Waals surface area (Å²) in [6.45, 7) is 4.39. The normalized spacial score (nSPS) is 12.0. The van der Waals surface area contributed by atoms with Gasteiger partial charge < -0.3 is 10.2 Å². The Labute approximate surface area is 243 Å². The molecule has 3 aromatic carbocycles. The zero-order valence-electron chi connectivity index (χ0n) is 24.1. The second kappa shape index (κ2) is 15.3. The van der Waals surface area contributed by atoms with Crippen LogP contribution in [0, 0.1) is 12.7 Å². The monoisotopic (exact) mass is 581 g/mol. The number of rotatable bonds is 15. The molecule has 1 N–H and O–H groups in total. The summed E-state index contributed by atoms with van der Waals surface area (Å²) < 4.78 is 41.2. The molecular weight excluding hydrogens is 541 g/mol. The minimum absolute atomic E-state index is 0.0141. The topological polar surface area (TPSA) is 86.8 Å². The molecule has 0 aliphatic carbocycles. The molecule has 1 atom stereocenters. The highest BCUT2D eigenvalue weighted by atomic mass is 32.2. The predicted octanol–water partition coefficient (Wildman–Crippen LogP) is 5.24. The number of amides is 2. The third-order valence-electron chi connectivity index (χ3n) is 6.84. The van der Waals surface area contributed by atoms with Gasteiger partial charge in [-0.2, -0.15) is 0 Å². The van der Waals surface area contributed by atoms with Crippen molar-refractivity contribution in [1.82, 2.24) is 10.2 Å². The van der Waals surface area contributed by atoms with Crippen LogP contribution in [0.25, 0.3) is 0 Å². The van der Waals surface area contributed by atoms with Crippen LogP contribution in [0.5, 0.6) is 0 Å². The SMILES string of the molecule is CCCCNC(=O)[C@H](Cc1ccccc1)N(Cc1ccccc1F)C(=O)CCCN(c1cccc(C)c1)S(C)(=O)=O. The number of nitrogens with one attached hydrogen (secondary N) is 1. The van der Waals surface area contributed by atoms with Crippen LogP contribution in [0.15, 0.2) is 78.9 Å². The van der Waals surface area contributed by atoms with Crippen molar-refractivity contribution in [3.8, 4) is 0 Å². The quantitative estimate of drug-likeness (QED) is 0.249. The lowest BCUT2D eigenvalue weighted by atomic mass is 10.0. The molecule has 220 valence electrons. The molecule has 2 amide bonds. The largest absolute Gasteiger partial charge is 0.354 e. The fraction of sp³-hybridized carbons (Fsp3) is 0.375. The van der Waals surface area contributed by atoms with Crippen LogP contribution < -0.4 is 9.62 Å². The van der Waals surface area contributed by atoms with Crippen molar-refractivity contribution >= 4 is 27.5 Å². The van der Waals surface area contributed by atoms with Gasteiger partial charge in [-0.1, -0.05) is 74.0 Å². The van der Waals surface area contributed by atoms with E-state index in [1.807, 2.05) is 50.2 Å². The maximum absolute atomic E-state index is 14.8. The van der Waals surface area contributed by atoms with E-state index < -0.39 is 21.9 Å². The molecule has 3 rings (SSSR count). The van der Waals surface area contributed by atoms with Gasteiger partial charge in [-0.25, -0.2) is 12.8 Å². The molecule has 0 aromatic heterocycles. The lowest BCUT2D eigenvalue weighted by Crippen LogP contribution is -2.50. The summed E-state index contributed by atoms with van der Waals surface area (Å²) in [5.74, 6) is -1.11. The maximum Gasteiger partial charge on any atom is 0.243 e. The highest BCUT2D eigenvalue weighted by Gasteiger charge is 2.31. The van der Waals surface area contributed by atoms with Gasteiger partial charge in [0.05, 0.1) is 11.9 Å². The standard InChI is InChI=1S/C32H40FN3O4S/c1-4-5-20-34-32(38)30(23-26-14-7-6-8-15-26)35(24-27-16-9-10-18-29(27)33)31(37)19-12-21-36(41(3,39)40)28-17-11-13-25(2)22-28/h6-11,13-18,22,30H,4-5,12,19-21,23-24H2,1-3H3,(H,34,38)/t30-/m0/s1. The van der Waals surface area contributed by atoms with Crippen molar-refractivity contribution in [3.63, 3.8) is 0 Å². The van der Waals surface area contributed by atoms with Gasteiger partial charge in [0, 0.05) is 38.0 Å². The smallest absolute Gasteiger partial charge is 0.243 e. The van der Waals surface area contributed by atoms with Crippen LogP contribution in [-0.2, 0) is 32.6 Å². The van der Waals surface area contributed by atoms with E-state index in [1.54, 1.807) is 36.4 Å². The molecule has 0 bridgehead atoms. The number of hydrogen-bond acceptors (Lipinski definition) is 4. The second-order valence-electron chi connectivity index (χ2n) is 10.2. The van der Waals surface area contributed by atoms with E-state index >= 15 is 0 Å². The molecule has 41 heavy (non-hydrogen) atoms. The summed E-state index contributed by atoms with van der Waals surface area (Å²) in [5.41, 5.74) is 2.62. The third kappa shape index (κ3) is 9.70. The number of carbonyl (C=O) groups excluding carboxylic acids is 2. The van der Waals surface area contributed by atoms with Gasteiger partial charge >= 0.3 is 0 Å². The number of carbonyl (C=O) groups is 2. The number of benzene rings is 3. The molecule has 0 radical (unpaired) electrons. The van der Waals surface area contributed by atoms with Gasteiger partial charge in [-0.3, -0.25) is 13.9 Å². The number of nitrogens with zero attached hydrogens (tertiary/aromatic N) is 2. The highest BCUT2D eigenvalue weighted by molar-refractivity contribution is 7.92. The molecule has 0 heterocycles. The minimum atomic E-state index is -3.60. The van der Waals surface area contributed by atoms with Crippen LogP contribution in [-0.4, -0.2) is 50.5 Å². The van der Waals surface area contributed by atoms with E-state index in [-0.39, 0.29) is 44.2 Å². The molecular formula is C32H40FN3O4S. The summed E-state index contributed by atoms with van der Waals surface area (Å²) in [7, 11) is -3.60. The Bertz CT molecular complexity index is 1400. The molecule has 0 aliphatic heterocycles. The number of anilines is 1. The van der Waals surface area contributed by atoms with Crippen molar-refractivity contribution in [1.29, 1.82) is 0 Å². The number of halogens is 1. The first kappa shape index (κ1) is 31.8. The van der Waals surface area contributed by atoms with Gasteiger partial charge in [0.1, 0.15) is 11.9 Å². The molecule has 0 fully saturated rings. The van der Waals surface area contributed by atoms with Gasteiger partial charge in [0.25, 0.3) is 0 Å². The average molecular weight is 582 g/mol. The Balaban J connectivity index is 1.88. The molecule has 0 spiro atoms. The number of unbranched alkanes of at least 4 members (excludes halogenated alkanes) is 1. The Morgan fingerprint density at radius 1 is 0.951 bits per heavy atom. The lowest BCUT2D eigenvalue weighted by molar-refractivity contribution is -0.141. The molecule has 7 nitrogen and oxygen atoms in total. The Morgan fingerprint density at radius 2 is 1.66 bits per heavy atom. The molecule has 3 aromatic rings. The summed E-state index contributed by atoms with van der Waals surface area (Å²) in [6.07, 6.45) is 3.31. The van der Waals surface area contributed by atoms with Gasteiger partial charge in [0.15, 0.2) is 0 Å². The summed E-state index contributed by atoms with van der Waals surface area (Å²) >= 11 is 0. The Morgan fingerprint density at radius 3 is 2.32 bits per heavy atom. The van der Waals surface area contributed by atoms with E-state index in [9.17, 15) is 22.4 Å². The summed E-state index contributed by atoms with van der Waals surface area (Å²) in [5, 5.41) is 2.95. The van der Waals surface area contributed by atoms with Crippen molar-refractivity contribution < 1.29 is 22.4 Å². The van der Waals surface area contributed by atoms with Crippen molar-refractivity contribution in [3.05, 3.63) is 101 Å². The van der Waals surface area contributed by atoms with Crippen molar-refractivity contribution in [2.45, 2.75) is 58.5 Å². The number of hydrogen-bond donors (Lipinski definition) is 1. The van der Waals surface area contributed by atoms with Crippen LogP contribution in [0.4, 0.5) is 10.1 Å². The Hall–Kier alpha value is -3.72. The van der Waals surface area contributed by atoms with E-state index in [2.05, 4.69) is 5.32 Å². The number of sulfonamides is 1. The first-order valence-corrected chi connectivity index (χ1v) is 15.8. The Kier molecular flexibility index (Phi) is 11.9. The lowest BCUT2D eigenvalue weighted by Gasteiger charge is -2.32.